The first-order chi connectivity index (χ1) is 6.69. The van der Waals surface area contributed by atoms with Crippen LogP contribution in [0.3, 0.4) is 0 Å². The molecule has 0 radical (unpaired) electrons. The molecule has 0 aliphatic carbocycles. The quantitative estimate of drug-likeness (QED) is 0.728. The molecule has 0 N–H and O–H groups in total. The van der Waals surface area contributed by atoms with E-state index in [1.165, 1.54) is 0 Å². The molecule has 72 valence electrons. The molecule has 0 aromatic heterocycles. The zero-order valence-electron chi connectivity index (χ0n) is 8.45. The van der Waals surface area contributed by atoms with Gasteiger partial charge in [-0.25, -0.2) is 0 Å². The molecule has 1 aromatic carbocycles. The summed E-state index contributed by atoms with van der Waals surface area (Å²) >= 11 is 0. The molecule has 0 heterocycles. The summed E-state index contributed by atoms with van der Waals surface area (Å²) in [4.78, 5) is 0. The smallest absolute Gasteiger partial charge is 0.138 e. The van der Waals surface area contributed by atoms with Gasteiger partial charge in [0.25, 0.3) is 0 Å². The van der Waals surface area contributed by atoms with Gasteiger partial charge in [-0.1, -0.05) is 24.8 Å². The number of hydrogen-bond acceptors (Lipinski definition) is 2. The van der Waals surface area contributed by atoms with E-state index in [0.717, 1.165) is 5.56 Å². The third kappa shape index (κ3) is 2.14. The van der Waals surface area contributed by atoms with Crippen LogP contribution in [0.2, 0.25) is 0 Å². The van der Waals surface area contributed by atoms with Gasteiger partial charge in [0, 0.05) is 0 Å². The van der Waals surface area contributed by atoms with Gasteiger partial charge >= 0.3 is 0 Å². The monoisotopic (exact) mass is 187 g/mol. The van der Waals surface area contributed by atoms with Gasteiger partial charge in [0.1, 0.15) is 17.4 Å². The summed E-state index contributed by atoms with van der Waals surface area (Å²) in [5.41, 5.74) is 1.36. The molecule has 0 amide bonds. The van der Waals surface area contributed by atoms with Crippen molar-refractivity contribution in [1.82, 2.24) is 0 Å². The Labute approximate surface area is 84.4 Å². The lowest BCUT2D eigenvalue weighted by Gasteiger charge is -2.11. The van der Waals surface area contributed by atoms with Gasteiger partial charge in [0.15, 0.2) is 0 Å². The van der Waals surface area contributed by atoms with Crippen molar-refractivity contribution in [3.63, 3.8) is 0 Å². The lowest BCUT2D eigenvalue weighted by molar-refractivity contribution is 0.241. The van der Waals surface area contributed by atoms with Gasteiger partial charge in [-0.3, -0.25) is 0 Å². The highest BCUT2D eigenvalue weighted by Gasteiger charge is 2.07. The van der Waals surface area contributed by atoms with E-state index >= 15 is 0 Å². The molecule has 0 atom stereocenters. The average molecular weight is 187 g/mol. The summed E-state index contributed by atoms with van der Waals surface area (Å²) < 4.78 is 5.51. The molecule has 0 spiro atoms. The van der Waals surface area contributed by atoms with Crippen LogP contribution >= 0.6 is 0 Å². The van der Waals surface area contributed by atoms with Crippen molar-refractivity contribution >= 4 is 6.08 Å². The third-order valence-corrected chi connectivity index (χ3v) is 1.75. The van der Waals surface area contributed by atoms with Crippen LogP contribution in [0.15, 0.2) is 24.8 Å². The van der Waals surface area contributed by atoms with Crippen LogP contribution in [-0.4, -0.2) is 6.10 Å². The first kappa shape index (κ1) is 10.3. The molecule has 0 saturated heterocycles. The molecule has 14 heavy (non-hydrogen) atoms. The molecule has 0 unspecified atom stereocenters. The maximum atomic E-state index is 8.97. The topological polar surface area (TPSA) is 33.0 Å². The van der Waals surface area contributed by atoms with E-state index in [9.17, 15) is 0 Å². The summed E-state index contributed by atoms with van der Waals surface area (Å²) in [6.45, 7) is 7.52. The second-order valence-electron chi connectivity index (χ2n) is 3.20. The molecule has 0 bridgehead atoms. The minimum atomic E-state index is 0.0714. The van der Waals surface area contributed by atoms with Gasteiger partial charge in [-0.05, 0) is 25.5 Å². The maximum Gasteiger partial charge on any atom is 0.138 e. The Hall–Kier alpha value is -1.75. The Morgan fingerprint density at radius 1 is 1.50 bits per heavy atom. The number of nitriles is 1. The van der Waals surface area contributed by atoms with Crippen molar-refractivity contribution < 1.29 is 4.74 Å². The molecular weight excluding hydrogens is 174 g/mol. The molecule has 0 saturated carbocycles. The summed E-state index contributed by atoms with van der Waals surface area (Å²) in [7, 11) is 0. The van der Waals surface area contributed by atoms with Gasteiger partial charge < -0.3 is 4.74 Å². The Kier molecular flexibility index (Phi) is 3.30. The van der Waals surface area contributed by atoms with Crippen molar-refractivity contribution in [2.75, 3.05) is 0 Å². The van der Waals surface area contributed by atoms with Crippen LogP contribution in [0.1, 0.15) is 25.0 Å². The van der Waals surface area contributed by atoms with Gasteiger partial charge in [-0.15, -0.1) is 0 Å². The van der Waals surface area contributed by atoms with Crippen LogP contribution in [0, 0.1) is 11.3 Å². The number of hydrogen-bond donors (Lipinski definition) is 0. The van der Waals surface area contributed by atoms with E-state index in [-0.39, 0.29) is 6.10 Å². The van der Waals surface area contributed by atoms with E-state index in [0.29, 0.717) is 11.3 Å². The van der Waals surface area contributed by atoms with Crippen molar-refractivity contribution in [3.05, 3.63) is 35.9 Å². The highest BCUT2D eigenvalue weighted by Crippen LogP contribution is 2.23. The van der Waals surface area contributed by atoms with Gasteiger partial charge in [0.05, 0.1) is 6.10 Å². The number of nitrogens with zero attached hydrogens (tertiary/aromatic N) is 1. The normalized spacial score (nSPS) is 9.57. The van der Waals surface area contributed by atoms with E-state index in [1.807, 2.05) is 26.0 Å². The van der Waals surface area contributed by atoms with E-state index in [4.69, 9.17) is 10.00 Å². The lowest BCUT2D eigenvalue weighted by Crippen LogP contribution is -2.07. The van der Waals surface area contributed by atoms with Crippen molar-refractivity contribution in [2.24, 2.45) is 0 Å². The van der Waals surface area contributed by atoms with Crippen LogP contribution in [0.4, 0.5) is 0 Å². The van der Waals surface area contributed by atoms with E-state index < -0.39 is 0 Å². The first-order valence-corrected chi connectivity index (χ1v) is 4.51. The molecule has 2 nitrogen and oxygen atoms in total. The fourth-order valence-corrected chi connectivity index (χ4v) is 1.19. The summed E-state index contributed by atoms with van der Waals surface area (Å²) in [6, 6.07) is 7.62. The molecule has 0 aliphatic rings. The Bertz CT molecular complexity index is 374. The fraction of sp³-hybridized carbons (Fsp3) is 0.250. The highest BCUT2D eigenvalue weighted by molar-refractivity contribution is 5.61. The Balaban J connectivity index is 3.17. The number of ether oxygens (including phenoxy) is 1. The van der Waals surface area contributed by atoms with Crippen molar-refractivity contribution in [3.8, 4) is 11.8 Å². The fourth-order valence-electron chi connectivity index (χ4n) is 1.19. The van der Waals surface area contributed by atoms with Crippen LogP contribution in [-0.2, 0) is 0 Å². The SMILES string of the molecule is C=Cc1cccc(OC(C)C)c1C#N. The summed E-state index contributed by atoms with van der Waals surface area (Å²) in [6.07, 6.45) is 1.73. The van der Waals surface area contributed by atoms with Gasteiger partial charge in [0.2, 0.25) is 0 Å². The molecular formula is C12H13NO. The lowest BCUT2D eigenvalue weighted by atomic mass is 10.1. The largest absolute Gasteiger partial charge is 0.490 e. The molecule has 1 aromatic rings. The first-order valence-electron chi connectivity index (χ1n) is 4.51. The Morgan fingerprint density at radius 2 is 2.21 bits per heavy atom. The molecule has 0 fully saturated rings. The zero-order valence-corrected chi connectivity index (χ0v) is 8.45. The number of benzene rings is 1. The van der Waals surface area contributed by atoms with Crippen LogP contribution < -0.4 is 4.74 Å². The predicted molar refractivity (Wildman–Crippen MR) is 57.0 cm³/mol. The van der Waals surface area contributed by atoms with E-state index in [2.05, 4.69) is 12.6 Å². The second-order valence-corrected chi connectivity index (χ2v) is 3.20. The van der Waals surface area contributed by atoms with Crippen LogP contribution in [0.25, 0.3) is 6.08 Å². The summed E-state index contributed by atoms with van der Waals surface area (Å²) in [5, 5.41) is 8.97. The van der Waals surface area contributed by atoms with Crippen molar-refractivity contribution in [1.29, 1.82) is 5.26 Å². The van der Waals surface area contributed by atoms with Crippen molar-refractivity contribution in [2.45, 2.75) is 20.0 Å². The van der Waals surface area contributed by atoms with Gasteiger partial charge in [-0.2, -0.15) is 5.26 Å². The summed E-state index contributed by atoms with van der Waals surface area (Å²) in [5.74, 6) is 0.625. The second kappa shape index (κ2) is 4.48. The minimum absolute atomic E-state index is 0.0714. The minimum Gasteiger partial charge on any atom is -0.490 e. The zero-order chi connectivity index (χ0) is 10.6. The molecule has 1 rings (SSSR count). The highest BCUT2D eigenvalue weighted by atomic mass is 16.5. The number of rotatable bonds is 3. The van der Waals surface area contributed by atoms with Crippen LogP contribution in [0.5, 0.6) is 5.75 Å². The van der Waals surface area contributed by atoms with E-state index in [1.54, 1.807) is 12.1 Å². The average Bonchev–Trinajstić information content (AvgIpc) is 2.16. The standard InChI is InChI=1S/C12H13NO/c1-4-10-6-5-7-12(11(10)8-13)14-9(2)3/h4-7,9H,1H2,2-3H3. The molecule has 0 aliphatic heterocycles. The maximum absolute atomic E-state index is 8.97. The molecule has 2 heteroatoms. The predicted octanol–water partition coefficient (Wildman–Crippen LogP) is 2.99. The Morgan fingerprint density at radius 3 is 2.71 bits per heavy atom. The third-order valence-electron chi connectivity index (χ3n) is 1.75.